The van der Waals surface area contributed by atoms with Crippen molar-refractivity contribution in [3.63, 3.8) is 0 Å². The number of hydrogen-bond donors (Lipinski definition) is 4. The van der Waals surface area contributed by atoms with Gasteiger partial charge in [0, 0.05) is 24.3 Å². The van der Waals surface area contributed by atoms with E-state index < -0.39 is 10.0 Å². The van der Waals surface area contributed by atoms with E-state index in [0.29, 0.717) is 30.2 Å². The summed E-state index contributed by atoms with van der Waals surface area (Å²) in [5.41, 5.74) is 13.6. The van der Waals surface area contributed by atoms with Crippen LogP contribution in [-0.2, 0) is 10.0 Å². The van der Waals surface area contributed by atoms with Crippen molar-refractivity contribution in [2.45, 2.75) is 25.7 Å². The maximum Gasteiger partial charge on any atom is 0.269 e. The topological polar surface area (TPSA) is 142 Å². The smallest absolute Gasteiger partial charge is 0.269 e. The number of hydrazine groups is 1. The van der Waals surface area contributed by atoms with Gasteiger partial charge in [-0.05, 0) is 42.8 Å². The lowest BCUT2D eigenvalue weighted by atomic mass is 10.1. The monoisotopic (exact) mass is 469 g/mol. The second-order valence-corrected chi connectivity index (χ2v) is 9.06. The Kier molecular flexibility index (Phi) is 7.46. The number of nitrogen functional groups attached to an aromatic ring is 1. The molecule has 33 heavy (non-hydrogen) atoms. The van der Waals surface area contributed by atoms with Crippen LogP contribution in [0.5, 0.6) is 0 Å². The third kappa shape index (κ3) is 5.38. The molecule has 0 bridgehead atoms. The summed E-state index contributed by atoms with van der Waals surface area (Å²) in [6.07, 6.45) is 1.29. The maximum atomic E-state index is 12.6. The number of nitrogens with zero attached hydrogens (tertiary/aromatic N) is 3. The SMILES string of the molecule is CCN(CC)S(=O)(=O)c1ccc(Nc2ncnc(NNC(=O)c3ccccc3C)c2N)cc1. The summed E-state index contributed by atoms with van der Waals surface area (Å²) in [4.78, 5) is 20.8. The Hall–Kier alpha value is -3.70. The van der Waals surface area contributed by atoms with Gasteiger partial charge in [-0.15, -0.1) is 0 Å². The Bertz CT molecular complexity index is 1230. The van der Waals surface area contributed by atoms with Crippen LogP contribution >= 0.6 is 0 Å². The highest BCUT2D eigenvalue weighted by Gasteiger charge is 2.21. The van der Waals surface area contributed by atoms with Crippen molar-refractivity contribution in [1.29, 1.82) is 0 Å². The summed E-state index contributed by atoms with van der Waals surface area (Å²) in [5, 5.41) is 3.04. The molecule has 1 aromatic heterocycles. The Morgan fingerprint density at radius 1 is 1.00 bits per heavy atom. The molecular weight excluding hydrogens is 442 g/mol. The molecule has 0 fully saturated rings. The van der Waals surface area contributed by atoms with Gasteiger partial charge in [-0.1, -0.05) is 32.0 Å². The highest BCUT2D eigenvalue weighted by atomic mass is 32.2. The summed E-state index contributed by atoms with van der Waals surface area (Å²) in [6, 6.07) is 13.5. The van der Waals surface area contributed by atoms with Crippen molar-refractivity contribution < 1.29 is 13.2 Å². The number of hydrogen-bond acceptors (Lipinski definition) is 8. The van der Waals surface area contributed by atoms with Gasteiger partial charge in [0.05, 0.1) is 4.90 Å². The molecule has 0 aliphatic heterocycles. The molecule has 5 N–H and O–H groups in total. The van der Waals surface area contributed by atoms with Gasteiger partial charge in [0.15, 0.2) is 11.6 Å². The number of aromatic nitrogens is 2. The van der Waals surface area contributed by atoms with Crippen LogP contribution in [-0.4, -0.2) is 41.7 Å². The Morgan fingerprint density at radius 2 is 1.64 bits per heavy atom. The quantitative estimate of drug-likeness (QED) is 0.350. The third-order valence-electron chi connectivity index (χ3n) is 5.03. The van der Waals surface area contributed by atoms with E-state index in [4.69, 9.17) is 5.73 Å². The van der Waals surface area contributed by atoms with Crippen molar-refractivity contribution in [1.82, 2.24) is 19.7 Å². The Morgan fingerprint density at radius 3 is 2.27 bits per heavy atom. The highest BCUT2D eigenvalue weighted by Crippen LogP contribution is 2.26. The molecule has 10 nitrogen and oxygen atoms in total. The van der Waals surface area contributed by atoms with Crippen molar-refractivity contribution >= 4 is 38.9 Å². The molecule has 0 aliphatic rings. The molecule has 0 radical (unpaired) electrons. The van der Waals surface area contributed by atoms with Gasteiger partial charge >= 0.3 is 0 Å². The first kappa shape index (κ1) is 24.0. The number of nitrogens with one attached hydrogen (secondary N) is 3. The number of benzene rings is 2. The van der Waals surface area contributed by atoms with Gasteiger partial charge in [0.25, 0.3) is 5.91 Å². The molecule has 2 aromatic carbocycles. The minimum absolute atomic E-state index is 0.183. The number of sulfonamides is 1. The van der Waals surface area contributed by atoms with E-state index in [2.05, 4.69) is 26.1 Å². The first-order valence-corrected chi connectivity index (χ1v) is 11.8. The minimum Gasteiger partial charge on any atom is -0.393 e. The van der Waals surface area contributed by atoms with Crippen LogP contribution in [0.3, 0.4) is 0 Å². The van der Waals surface area contributed by atoms with Gasteiger partial charge < -0.3 is 11.1 Å². The zero-order valence-corrected chi connectivity index (χ0v) is 19.5. The van der Waals surface area contributed by atoms with E-state index in [0.717, 1.165) is 5.56 Å². The largest absolute Gasteiger partial charge is 0.393 e. The maximum absolute atomic E-state index is 12.6. The molecule has 3 aromatic rings. The first-order chi connectivity index (χ1) is 15.8. The fourth-order valence-electron chi connectivity index (χ4n) is 3.17. The lowest BCUT2D eigenvalue weighted by molar-refractivity contribution is 0.0962. The molecule has 3 rings (SSSR count). The predicted octanol–water partition coefficient (Wildman–Crippen LogP) is 2.90. The number of nitrogens with two attached hydrogens (primary N) is 1. The van der Waals surface area contributed by atoms with E-state index in [1.54, 1.807) is 38.1 Å². The fraction of sp³-hybridized carbons (Fsp3) is 0.227. The summed E-state index contributed by atoms with van der Waals surface area (Å²) in [7, 11) is -3.54. The van der Waals surface area contributed by atoms with E-state index in [1.807, 2.05) is 19.1 Å². The molecule has 1 amide bonds. The summed E-state index contributed by atoms with van der Waals surface area (Å²) in [6.45, 7) is 6.22. The standard InChI is InChI=1S/C22H27N7O3S/c1-4-29(5-2)33(31,32)17-12-10-16(11-13-17)26-20-19(23)21(25-14-24-20)27-28-22(30)18-9-7-6-8-15(18)3/h6-14H,4-5,23H2,1-3H3,(H,28,30)(H2,24,25,26,27). The molecule has 0 saturated heterocycles. The number of rotatable bonds is 9. The van der Waals surface area contributed by atoms with Crippen LogP contribution in [0.25, 0.3) is 0 Å². The van der Waals surface area contributed by atoms with Crippen LogP contribution in [0.4, 0.5) is 23.0 Å². The molecular formula is C22H27N7O3S. The van der Waals surface area contributed by atoms with Crippen LogP contribution in [0.1, 0.15) is 29.8 Å². The van der Waals surface area contributed by atoms with Gasteiger partial charge in [-0.3, -0.25) is 15.6 Å². The summed E-state index contributed by atoms with van der Waals surface area (Å²) >= 11 is 0. The van der Waals surface area contributed by atoms with E-state index in [-0.39, 0.29) is 22.3 Å². The van der Waals surface area contributed by atoms with Crippen molar-refractivity contribution in [3.8, 4) is 0 Å². The van der Waals surface area contributed by atoms with Gasteiger partial charge in [0.2, 0.25) is 10.0 Å². The Balaban J connectivity index is 1.72. The number of carbonyl (C=O) groups excluding carboxylic acids is 1. The molecule has 174 valence electrons. The van der Waals surface area contributed by atoms with Crippen LogP contribution in [0.2, 0.25) is 0 Å². The van der Waals surface area contributed by atoms with Crippen molar-refractivity contribution in [2.75, 3.05) is 29.6 Å². The number of anilines is 4. The summed E-state index contributed by atoms with van der Waals surface area (Å²) < 4.78 is 26.7. The van der Waals surface area contributed by atoms with Gasteiger partial charge in [-0.25, -0.2) is 18.4 Å². The predicted molar refractivity (Wildman–Crippen MR) is 129 cm³/mol. The molecule has 0 atom stereocenters. The second kappa shape index (κ2) is 10.3. The molecule has 11 heteroatoms. The van der Waals surface area contributed by atoms with Crippen molar-refractivity contribution in [2.24, 2.45) is 0 Å². The number of amides is 1. The second-order valence-electron chi connectivity index (χ2n) is 7.12. The summed E-state index contributed by atoms with van der Waals surface area (Å²) in [5.74, 6) is 0.192. The van der Waals surface area contributed by atoms with Crippen LogP contribution in [0.15, 0.2) is 59.8 Å². The van der Waals surface area contributed by atoms with Crippen LogP contribution in [0, 0.1) is 6.92 Å². The van der Waals surface area contributed by atoms with Gasteiger partial charge in [0.1, 0.15) is 12.0 Å². The van der Waals surface area contributed by atoms with Crippen LogP contribution < -0.4 is 21.9 Å². The minimum atomic E-state index is -3.54. The average molecular weight is 470 g/mol. The number of aryl methyl sites for hydroxylation is 1. The molecule has 0 spiro atoms. The lowest BCUT2D eigenvalue weighted by Gasteiger charge is -2.18. The molecule has 0 aliphatic carbocycles. The van der Waals surface area contributed by atoms with E-state index >= 15 is 0 Å². The fourth-order valence-corrected chi connectivity index (χ4v) is 4.62. The average Bonchev–Trinajstić information content (AvgIpc) is 2.80. The van der Waals surface area contributed by atoms with E-state index in [9.17, 15) is 13.2 Å². The molecule has 1 heterocycles. The first-order valence-electron chi connectivity index (χ1n) is 10.4. The molecule has 0 saturated carbocycles. The zero-order valence-electron chi connectivity index (χ0n) is 18.7. The highest BCUT2D eigenvalue weighted by molar-refractivity contribution is 7.89. The van der Waals surface area contributed by atoms with Gasteiger partial charge in [-0.2, -0.15) is 4.31 Å². The lowest BCUT2D eigenvalue weighted by Crippen LogP contribution is -2.31. The van der Waals surface area contributed by atoms with E-state index in [1.165, 1.54) is 22.8 Å². The third-order valence-corrected chi connectivity index (χ3v) is 7.09. The Labute approximate surface area is 193 Å². The number of carbonyl (C=O) groups is 1. The normalized spacial score (nSPS) is 11.3. The molecule has 0 unspecified atom stereocenters. The van der Waals surface area contributed by atoms with Crippen molar-refractivity contribution in [3.05, 3.63) is 66.0 Å². The zero-order chi connectivity index (χ0) is 24.0.